The van der Waals surface area contributed by atoms with E-state index >= 15 is 0 Å². The molecule has 8 nitrogen and oxygen atoms in total. The average Bonchev–Trinajstić information content (AvgIpc) is 2.69. The third-order valence-electron chi connectivity index (χ3n) is 4.95. The first-order chi connectivity index (χ1) is 15.1. The van der Waals surface area contributed by atoms with Crippen LogP contribution in [-0.4, -0.2) is 39.2 Å². The maximum Gasteiger partial charge on any atom is 1.00 e. The Balaban J connectivity index is -0.000000578. The largest absolute Gasteiger partial charge is 1.00 e. The van der Waals surface area contributed by atoms with Crippen LogP contribution >= 0.6 is 0 Å². The van der Waals surface area contributed by atoms with Crippen molar-refractivity contribution in [3.8, 4) is 0 Å². The van der Waals surface area contributed by atoms with Gasteiger partial charge in [-0.05, 0) is 12.8 Å². The van der Waals surface area contributed by atoms with Crippen molar-refractivity contribution in [1.82, 2.24) is 0 Å². The Kier molecular flexibility index (Phi) is 38.1. The summed E-state index contributed by atoms with van der Waals surface area (Å²) in [4.78, 5) is 0. The summed E-state index contributed by atoms with van der Waals surface area (Å²) in [6.45, 7) is 4.95. The summed E-state index contributed by atoms with van der Waals surface area (Å²) in [5, 5.41) is 0. The van der Waals surface area contributed by atoms with Crippen LogP contribution in [-0.2, 0) is 29.2 Å². The van der Waals surface area contributed by atoms with Crippen LogP contribution < -0.4 is 48.4 Å². The summed E-state index contributed by atoms with van der Waals surface area (Å²) in [6, 6.07) is 0. The Morgan fingerprint density at radius 1 is 0.500 bits per heavy atom. The number of hydrogen-bond acceptors (Lipinski definition) is 8. The molecule has 0 unspecified atom stereocenters. The standard InChI is InChI=1S/C22H46O4S.Li.Na.H2O4S/c1-3-5-7-9-11-13-14-16-18-20-22-26-27(23,24)25-21-19-17-15-12-10-8-6-4-2;;;1-5(2,3)4/h3-22H2,1-2H3;;;(H2,1,2,3,4)/q;2*+1;/p-2. The maximum absolute atomic E-state index is 11.7. The monoisotopic (exact) mass is 532 g/mol. The molecule has 0 fully saturated rings. The van der Waals surface area contributed by atoms with E-state index in [0.717, 1.165) is 38.5 Å². The van der Waals surface area contributed by atoms with Crippen LogP contribution in [0.25, 0.3) is 0 Å². The van der Waals surface area contributed by atoms with Crippen molar-refractivity contribution < 1.29 is 82.7 Å². The normalized spacial score (nSPS) is 11.2. The summed E-state index contributed by atoms with van der Waals surface area (Å²) in [7, 11) is -8.96. The second-order valence-electron chi connectivity index (χ2n) is 8.12. The average molecular weight is 533 g/mol. The van der Waals surface area contributed by atoms with Crippen LogP contribution in [0, 0.1) is 0 Å². The van der Waals surface area contributed by atoms with E-state index in [4.69, 9.17) is 25.9 Å². The molecule has 0 aliphatic carbocycles. The smallest absolute Gasteiger partial charge is 0.759 e. The number of rotatable bonds is 22. The molecule has 0 aromatic rings. The Morgan fingerprint density at radius 2 is 0.706 bits per heavy atom. The molecule has 0 aliphatic rings. The molecule has 12 heteroatoms. The minimum atomic E-state index is -5.17. The van der Waals surface area contributed by atoms with Gasteiger partial charge >= 0.3 is 58.8 Å². The Hall–Kier alpha value is 1.34. The summed E-state index contributed by atoms with van der Waals surface area (Å²) < 4.78 is 67.2. The number of hydrogen-bond donors (Lipinski definition) is 0. The van der Waals surface area contributed by atoms with Crippen LogP contribution in [0.4, 0.5) is 0 Å². The van der Waals surface area contributed by atoms with Crippen molar-refractivity contribution in [2.45, 2.75) is 129 Å². The van der Waals surface area contributed by atoms with E-state index in [2.05, 4.69) is 13.8 Å². The van der Waals surface area contributed by atoms with E-state index in [1.165, 1.54) is 77.0 Å². The third kappa shape index (κ3) is 46.6. The molecule has 0 heterocycles. The molecule has 0 aliphatic heterocycles. The van der Waals surface area contributed by atoms with Gasteiger partial charge in [0.25, 0.3) is 0 Å². The van der Waals surface area contributed by atoms with E-state index < -0.39 is 20.8 Å². The van der Waals surface area contributed by atoms with Crippen LogP contribution in [0.1, 0.15) is 129 Å². The number of unbranched alkanes of at least 4 members (excludes halogenated alkanes) is 16. The molecule has 34 heavy (non-hydrogen) atoms. The minimum absolute atomic E-state index is 0. The second-order valence-corrected chi connectivity index (χ2v) is 10.2. The molecule has 0 saturated heterocycles. The van der Waals surface area contributed by atoms with Crippen molar-refractivity contribution in [2.24, 2.45) is 0 Å². The van der Waals surface area contributed by atoms with Gasteiger partial charge in [0, 0.05) is 10.4 Å². The zero-order valence-electron chi connectivity index (χ0n) is 22.2. The SMILES string of the molecule is CCCCCCCCCCCCOS(=O)(=O)OCCCCCCCCCC.O=S(=O)([O-])[O-].[Li+].[Na+]. The van der Waals surface area contributed by atoms with Gasteiger partial charge in [-0.25, -0.2) is 8.37 Å². The molecule has 0 radical (unpaired) electrons. The van der Waals surface area contributed by atoms with Gasteiger partial charge in [-0.15, -0.1) is 0 Å². The Morgan fingerprint density at radius 3 is 0.941 bits per heavy atom. The van der Waals surface area contributed by atoms with Gasteiger partial charge in [-0.1, -0.05) is 117 Å². The summed E-state index contributed by atoms with van der Waals surface area (Å²) in [6.07, 6.45) is 21.6. The Bertz CT molecular complexity index is 582. The zero-order chi connectivity index (χ0) is 24.6. The van der Waals surface area contributed by atoms with Crippen molar-refractivity contribution in [1.29, 1.82) is 0 Å². The van der Waals surface area contributed by atoms with Gasteiger partial charge in [0.2, 0.25) is 0 Å². The topological polar surface area (TPSA) is 133 Å². The second kappa shape index (κ2) is 30.6. The predicted octanol–water partition coefficient (Wildman–Crippen LogP) is -0.00400. The van der Waals surface area contributed by atoms with E-state index in [-0.39, 0.29) is 61.6 Å². The summed E-state index contributed by atoms with van der Waals surface area (Å²) in [5.41, 5.74) is 0. The quantitative estimate of drug-likeness (QED) is 0.0823. The summed E-state index contributed by atoms with van der Waals surface area (Å²) >= 11 is 0. The fraction of sp³-hybridized carbons (Fsp3) is 1.00. The van der Waals surface area contributed by atoms with Gasteiger partial charge in [-0.2, -0.15) is 8.42 Å². The van der Waals surface area contributed by atoms with Crippen molar-refractivity contribution >= 4 is 20.8 Å². The molecule has 0 N–H and O–H groups in total. The molecule has 0 spiro atoms. The summed E-state index contributed by atoms with van der Waals surface area (Å²) in [5.74, 6) is 0. The third-order valence-corrected chi connectivity index (χ3v) is 5.86. The van der Waals surface area contributed by atoms with E-state index in [9.17, 15) is 8.42 Å². The zero-order valence-corrected chi connectivity index (χ0v) is 25.9. The van der Waals surface area contributed by atoms with E-state index in [1.54, 1.807) is 0 Å². The van der Waals surface area contributed by atoms with Gasteiger partial charge in [0.05, 0.1) is 13.2 Å². The first-order valence-electron chi connectivity index (χ1n) is 12.3. The van der Waals surface area contributed by atoms with Crippen LogP contribution in [0.15, 0.2) is 0 Å². The van der Waals surface area contributed by atoms with Crippen molar-refractivity contribution in [3.05, 3.63) is 0 Å². The van der Waals surface area contributed by atoms with Crippen LogP contribution in [0.3, 0.4) is 0 Å². The van der Waals surface area contributed by atoms with Gasteiger partial charge in [0.15, 0.2) is 0 Å². The first-order valence-corrected chi connectivity index (χ1v) is 15.0. The van der Waals surface area contributed by atoms with Crippen LogP contribution in [0.2, 0.25) is 0 Å². The molecule has 0 atom stereocenters. The molecule has 196 valence electrons. The molecule has 0 aromatic heterocycles. The fourth-order valence-electron chi connectivity index (χ4n) is 3.18. The van der Waals surface area contributed by atoms with E-state index in [0.29, 0.717) is 0 Å². The van der Waals surface area contributed by atoms with Crippen LogP contribution in [0.5, 0.6) is 0 Å². The van der Waals surface area contributed by atoms with Gasteiger partial charge in [0.1, 0.15) is 0 Å². The van der Waals surface area contributed by atoms with Gasteiger partial charge < -0.3 is 9.11 Å². The maximum atomic E-state index is 11.7. The molecule has 0 saturated carbocycles. The van der Waals surface area contributed by atoms with Crippen molar-refractivity contribution in [2.75, 3.05) is 13.2 Å². The predicted molar refractivity (Wildman–Crippen MR) is 126 cm³/mol. The van der Waals surface area contributed by atoms with Crippen molar-refractivity contribution in [3.63, 3.8) is 0 Å². The van der Waals surface area contributed by atoms with E-state index in [1.807, 2.05) is 0 Å². The first kappa shape index (κ1) is 42.4. The molecule has 0 aromatic carbocycles. The fourth-order valence-corrected chi connectivity index (χ4v) is 3.89. The molecule has 0 amide bonds. The molecule has 0 bridgehead atoms. The molecule has 0 rings (SSSR count). The Labute approximate surface area is 244 Å². The molecular weight excluding hydrogens is 486 g/mol. The minimum Gasteiger partial charge on any atom is -0.759 e. The van der Waals surface area contributed by atoms with Gasteiger partial charge in [-0.3, -0.25) is 8.42 Å². The molecular formula is C22H46LiNaO8S2.